The van der Waals surface area contributed by atoms with Crippen molar-refractivity contribution in [2.24, 2.45) is 5.92 Å². The minimum Gasteiger partial charge on any atom is -0.326 e. The van der Waals surface area contributed by atoms with Crippen LogP contribution >= 0.6 is 0 Å². The molecule has 2 aromatic carbocycles. The van der Waals surface area contributed by atoms with Gasteiger partial charge in [-0.15, -0.1) is 0 Å². The van der Waals surface area contributed by atoms with E-state index in [1.165, 1.54) is 16.8 Å². The smallest absolute Gasteiger partial charge is 0.240 e. The molecule has 0 unspecified atom stereocenters. The first-order valence-corrected chi connectivity index (χ1v) is 12.5. The Hall–Kier alpha value is -2.97. The molecule has 1 aliphatic heterocycles. The first-order chi connectivity index (χ1) is 15.5. The Morgan fingerprint density at radius 1 is 1.09 bits per heavy atom. The number of aryl methyl sites for hydroxylation is 2. The molecule has 2 aliphatic rings. The van der Waals surface area contributed by atoms with Crippen LogP contribution < -0.4 is 14.9 Å². The van der Waals surface area contributed by atoms with Crippen molar-refractivity contribution in [2.75, 3.05) is 23.3 Å². The number of rotatable bonds is 7. The largest absolute Gasteiger partial charge is 0.326 e. The van der Waals surface area contributed by atoms with Crippen LogP contribution in [0.25, 0.3) is 0 Å². The number of nitrogens with zero attached hydrogens (tertiary/aromatic N) is 3. The molecule has 1 fully saturated rings. The van der Waals surface area contributed by atoms with Crippen molar-refractivity contribution in [3.05, 3.63) is 65.9 Å². The second kappa shape index (κ2) is 8.52. The van der Waals surface area contributed by atoms with E-state index < -0.39 is 10.0 Å². The van der Waals surface area contributed by atoms with E-state index in [0.717, 1.165) is 43.7 Å². The van der Waals surface area contributed by atoms with E-state index in [1.807, 2.05) is 6.07 Å². The number of benzene rings is 2. The van der Waals surface area contributed by atoms with Gasteiger partial charge in [-0.3, -0.25) is 0 Å². The van der Waals surface area contributed by atoms with Gasteiger partial charge >= 0.3 is 0 Å². The summed E-state index contributed by atoms with van der Waals surface area (Å²) < 4.78 is 27.5. The number of sulfonamides is 1. The fourth-order valence-corrected chi connectivity index (χ4v) is 5.12. The number of hydrogen-bond acceptors (Lipinski definition) is 6. The summed E-state index contributed by atoms with van der Waals surface area (Å²) in [5.41, 5.74) is 4.54. The standard InChI is InChI=1S/C24H27N5O2S/c1-17-4-11-22-19(15-17)3-2-14-29(22)23-12-13-25-24(28-23)27-20-7-9-21(10-8-20)32(30,31)26-16-18-5-6-18/h4,7-13,15,18,26H,2-3,5-6,14,16H2,1H3,(H,25,27,28). The lowest BCUT2D eigenvalue weighted by Gasteiger charge is -2.30. The number of anilines is 4. The molecule has 0 radical (unpaired) electrons. The van der Waals surface area contributed by atoms with Crippen molar-refractivity contribution in [3.63, 3.8) is 0 Å². The maximum Gasteiger partial charge on any atom is 0.240 e. The summed E-state index contributed by atoms with van der Waals surface area (Å²) in [4.78, 5) is 11.6. The summed E-state index contributed by atoms with van der Waals surface area (Å²) in [6.45, 7) is 3.54. The van der Waals surface area contributed by atoms with E-state index in [9.17, 15) is 8.42 Å². The van der Waals surface area contributed by atoms with Gasteiger partial charge in [-0.1, -0.05) is 17.7 Å². The van der Waals surface area contributed by atoms with Gasteiger partial charge in [0.05, 0.1) is 4.90 Å². The second-order valence-electron chi connectivity index (χ2n) is 8.57. The molecule has 166 valence electrons. The van der Waals surface area contributed by atoms with Crippen LogP contribution in [0.2, 0.25) is 0 Å². The Labute approximate surface area is 189 Å². The molecular formula is C24H27N5O2S. The van der Waals surface area contributed by atoms with Gasteiger partial charge in [0.2, 0.25) is 16.0 Å². The van der Waals surface area contributed by atoms with E-state index in [4.69, 9.17) is 4.98 Å². The number of fused-ring (bicyclic) bond motifs is 1. The lowest BCUT2D eigenvalue weighted by molar-refractivity contribution is 0.577. The van der Waals surface area contributed by atoms with Gasteiger partial charge in [-0.2, -0.15) is 4.98 Å². The highest BCUT2D eigenvalue weighted by atomic mass is 32.2. The van der Waals surface area contributed by atoms with Crippen molar-refractivity contribution >= 4 is 33.2 Å². The molecule has 8 heteroatoms. The number of aromatic nitrogens is 2. The molecular weight excluding hydrogens is 422 g/mol. The summed E-state index contributed by atoms with van der Waals surface area (Å²) in [6, 6.07) is 15.1. The Balaban J connectivity index is 1.31. The third-order valence-electron chi connectivity index (χ3n) is 5.95. The molecule has 0 atom stereocenters. The van der Waals surface area contributed by atoms with Gasteiger partial charge in [0.15, 0.2) is 0 Å². The predicted molar refractivity (Wildman–Crippen MR) is 126 cm³/mol. The average molecular weight is 450 g/mol. The molecule has 1 saturated carbocycles. The maximum atomic E-state index is 12.4. The molecule has 5 rings (SSSR count). The van der Waals surface area contributed by atoms with E-state index in [2.05, 4.69) is 45.0 Å². The van der Waals surface area contributed by atoms with Crippen LogP contribution in [0.15, 0.2) is 59.6 Å². The second-order valence-corrected chi connectivity index (χ2v) is 10.3. The molecule has 2 heterocycles. The van der Waals surface area contributed by atoms with Gasteiger partial charge in [0.25, 0.3) is 0 Å². The molecule has 3 aromatic rings. The average Bonchev–Trinajstić information content (AvgIpc) is 3.62. The normalized spacial score (nSPS) is 16.0. The third-order valence-corrected chi connectivity index (χ3v) is 7.39. The zero-order chi connectivity index (χ0) is 22.1. The van der Waals surface area contributed by atoms with Crippen LogP contribution in [-0.4, -0.2) is 31.5 Å². The van der Waals surface area contributed by atoms with Crippen LogP contribution in [0.1, 0.15) is 30.4 Å². The Morgan fingerprint density at radius 3 is 2.69 bits per heavy atom. The Kier molecular flexibility index (Phi) is 5.57. The SMILES string of the molecule is Cc1ccc2c(c1)CCCN2c1ccnc(Nc2ccc(S(=O)(=O)NCC3CC3)cc2)n1. The van der Waals surface area contributed by atoms with Gasteiger partial charge in [0, 0.05) is 30.7 Å². The van der Waals surface area contributed by atoms with E-state index >= 15 is 0 Å². The van der Waals surface area contributed by atoms with Crippen LogP contribution in [0.4, 0.5) is 23.1 Å². The molecule has 0 saturated heterocycles. The van der Waals surface area contributed by atoms with E-state index in [0.29, 0.717) is 18.4 Å². The van der Waals surface area contributed by atoms with Crippen LogP contribution in [0.5, 0.6) is 0 Å². The molecule has 2 N–H and O–H groups in total. The zero-order valence-electron chi connectivity index (χ0n) is 18.1. The monoisotopic (exact) mass is 449 g/mol. The van der Waals surface area contributed by atoms with Crippen LogP contribution in [0.3, 0.4) is 0 Å². The molecule has 0 spiro atoms. The van der Waals surface area contributed by atoms with Crippen molar-refractivity contribution in [3.8, 4) is 0 Å². The first-order valence-electron chi connectivity index (χ1n) is 11.0. The van der Waals surface area contributed by atoms with Crippen molar-refractivity contribution in [1.29, 1.82) is 0 Å². The molecule has 1 aliphatic carbocycles. The highest BCUT2D eigenvalue weighted by Gasteiger charge is 2.24. The quantitative estimate of drug-likeness (QED) is 0.559. The zero-order valence-corrected chi connectivity index (χ0v) is 18.9. The molecule has 1 aromatic heterocycles. The Morgan fingerprint density at radius 2 is 1.91 bits per heavy atom. The maximum absolute atomic E-state index is 12.4. The van der Waals surface area contributed by atoms with Gasteiger partial charge in [0.1, 0.15) is 5.82 Å². The molecule has 0 amide bonds. The summed E-state index contributed by atoms with van der Waals surface area (Å²) in [5.74, 6) is 1.81. The van der Waals surface area contributed by atoms with E-state index in [-0.39, 0.29) is 4.90 Å². The third kappa shape index (κ3) is 4.61. The predicted octanol–water partition coefficient (Wildman–Crippen LogP) is 4.30. The highest BCUT2D eigenvalue weighted by molar-refractivity contribution is 7.89. The lowest BCUT2D eigenvalue weighted by atomic mass is 9.99. The highest BCUT2D eigenvalue weighted by Crippen LogP contribution is 2.33. The summed E-state index contributed by atoms with van der Waals surface area (Å²) >= 11 is 0. The molecule has 32 heavy (non-hydrogen) atoms. The van der Waals surface area contributed by atoms with Gasteiger partial charge in [-0.25, -0.2) is 18.1 Å². The summed E-state index contributed by atoms with van der Waals surface area (Å²) in [7, 11) is -3.47. The molecule has 7 nitrogen and oxygen atoms in total. The van der Waals surface area contributed by atoms with Gasteiger partial charge < -0.3 is 10.2 Å². The van der Waals surface area contributed by atoms with Gasteiger partial charge in [-0.05, 0) is 80.5 Å². The fourth-order valence-electron chi connectivity index (χ4n) is 4.00. The van der Waals surface area contributed by atoms with E-state index in [1.54, 1.807) is 30.5 Å². The van der Waals surface area contributed by atoms with Crippen molar-refractivity contribution in [2.45, 2.75) is 37.5 Å². The summed E-state index contributed by atoms with van der Waals surface area (Å²) in [6.07, 6.45) is 6.11. The van der Waals surface area contributed by atoms with Crippen LogP contribution in [0, 0.1) is 12.8 Å². The first kappa shape index (κ1) is 20.9. The topological polar surface area (TPSA) is 87.2 Å². The fraction of sp³-hybridized carbons (Fsp3) is 0.333. The van der Waals surface area contributed by atoms with Crippen molar-refractivity contribution in [1.82, 2.24) is 14.7 Å². The minimum atomic E-state index is -3.47. The molecule has 0 bridgehead atoms. The number of hydrogen-bond donors (Lipinski definition) is 2. The summed E-state index contributed by atoms with van der Waals surface area (Å²) in [5, 5.41) is 3.19. The lowest BCUT2D eigenvalue weighted by Crippen LogP contribution is -2.25. The minimum absolute atomic E-state index is 0.263. The Bertz CT molecular complexity index is 1220. The number of nitrogens with one attached hydrogen (secondary N) is 2. The van der Waals surface area contributed by atoms with Crippen molar-refractivity contribution < 1.29 is 8.42 Å². The van der Waals surface area contributed by atoms with Crippen LogP contribution in [-0.2, 0) is 16.4 Å².